The second-order valence-corrected chi connectivity index (χ2v) is 8.74. The second kappa shape index (κ2) is 8.24. The topological polar surface area (TPSA) is 52.6 Å². The van der Waals surface area contributed by atoms with E-state index in [1.807, 2.05) is 48.5 Å². The van der Waals surface area contributed by atoms with Gasteiger partial charge in [-0.15, -0.1) is 0 Å². The van der Waals surface area contributed by atoms with Crippen molar-refractivity contribution in [1.82, 2.24) is 0 Å². The summed E-state index contributed by atoms with van der Waals surface area (Å²) in [5.41, 5.74) is 2.06. The van der Waals surface area contributed by atoms with E-state index in [2.05, 4.69) is 45.2 Å². The van der Waals surface area contributed by atoms with Crippen LogP contribution in [0.4, 0.5) is 0 Å². The minimum atomic E-state index is -0.545. The molecule has 0 aromatic heterocycles. The molecular formula is C20H18I2O4. The maximum absolute atomic E-state index is 12.5. The van der Waals surface area contributed by atoms with Crippen LogP contribution in [0.1, 0.15) is 23.0 Å². The lowest BCUT2D eigenvalue weighted by molar-refractivity contribution is -0.168. The summed E-state index contributed by atoms with van der Waals surface area (Å²) in [6.45, 7) is 0. The Morgan fingerprint density at radius 1 is 0.692 bits per heavy atom. The highest BCUT2D eigenvalue weighted by Crippen LogP contribution is 2.58. The lowest BCUT2D eigenvalue weighted by Crippen LogP contribution is -2.52. The summed E-state index contributed by atoms with van der Waals surface area (Å²) in [5.74, 6) is -2.07. The van der Waals surface area contributed by atoms with Gasteiger partial charge in [-0.2, -0.15) is 0 Å². The molecule has 0 bridgehead atoms. The Labute approximate surface area is 179 Å². The van der Waals surface area contributed by atoms with Crippen LogP contribution >= 0.6 is 45.2 Å². The minimum Gasteiger partial charge on any atom is -0.469 e. The van der Waals surface area contributed by atoms with Crippen LogP contribution in [-0.4, -0.2) is 26.2 Å². The molecule has 2 aromatic carbocycles. The van der Waals surface area contributed by atoms with E-state index in [0.29, 0.717) is 0 Å². The molecule has 0 aliphatic heterocycles. The van der Waals surface area contributed by atoms with Crippen LogP contribution in [0.15, 0.2) is 48.5 Å². The van der Waals surface area contributed by atoms with Crippen molar-refractivity contribution >= 4 is 57.1 Å². The number of halogens is 2. The zero-order valence-corrected chi connectivity index (χ0v) is 18.6. The third-order valence-corrected chi connectivity index (χ3v) is 6.44. The van der Waals surface area contributed by atoms with Gasteiger partial charge in [-0.3, -0.25) is 9.59 Å². The van der Waals surface area contributed by atoms with E-state index in [1.54, 1.807) is 0 Å². The number of carbonyl (C=O) groups excluding carboxylic acids is 2. The quantitative estimate of drug-likeness (QED) is 0.402. The molecule has 2 aromatic rings. The predicted molar refractivity (Wildman–Crippen MR) is 115 cm³/mol. The van der Waals surface area contributed by atoms with Crippen LogP contribution in [0.5, 0.6) is 0 Å². The number of methoxy groups -OCH3 is 2. The summed E-state index contributed by atoms with van der Waals surface area (Å²) in [4.78, 5) is 24.9. The average molecular weight is 576 g/mol. The highest BCUT2D eigenvalue weighted by Gasteiger charge is 2.59. The molecule has 0 N–H and O–H groups in total. The summed E-state index contributed by atoms with van der Waals surface area (Å²) < 4.78 is 12.3. The fraction of sp³-hybridized carbons (Fsp3) is 0.300. The Morgan fingerprint density at radius 3 is 1.27 bits per heavy atom. The van der Waals surface area contributed by atoms with E-state index < -0.39 is 11.8 Å². The van der Waals surface area contributed by atoms with Crippen molar-refractivity contribution in [2.45, 2.75) is 11.8 Å². The number of benzene rings is 2. The Kier molecular flexibility index (Phi) is 6.21. The van der Waals surface area contributed by atoms with Crippen LogP contribution in [0.25, 0.3) is 0 Å². The first-order chi connectivity index (χ1) is 12.5. The third-order valence-electron chi connectivity index (χ3n) is 5.00. The summed E-state index contributed by atoms with van der Waals surface area (Å²) in [6, 6.07) is 16.2. The van der Waals surface area contributed by atoms with Crippen LogP contribution in [0.2, 0.25) is 0 Å². The van der Waals surface area contributed by atoms with Crippen molar-refractivity contribution < 1.29 is 19.1 Å². The van der Waals surface area contributed by atoms with Crippen LogP contribution in [0, 0.1) is 19.0 Å². The number of hydrogen-bond donors (Lipinski definition) is 0. The highest BCUT2D eigenvalue weighted by atomic mass is 127. The lowest BCUT2D eigenvalue weighted by atomic mass is 9.52. The number of esters is 2. The van der Waals surface area contributed by atoms with Crippen molar-refractivity contribution in [1.29, 1.82) is 0 Å². The van der Waals surface area contributed by atoms with Gasteiger partial charge in [-0.1, -0.05) is 24.3 Å². The maximum Gasteiger partial charge on any atom is 0.310 e. The molecule has 1 saturated carbocycles. The van der Waals surface area contributed by atoms with E-state index in [-0.39, 0.29) is 23.8 Å². The first-order valence-corrected chi connectivity index (χ1v) is 10.3. The van der Waals surface area contributed by atoms with E-state index in [4.69, 9.17) is 9.47 Å². The van der Waals surface area contributed by atoms with E-state index >= 15 is 0 Å². The van der Waals surface area contributed by atoms with Gasteiger partial charge in [0.2, 0.25) is 0 Å². The fourth-order valence-electron chi connectivity index (χ4n) is 3.81. The molecule has 26 heavy (non-hydrogen) atoms. The number of carbonyl (C=O) groups is 2. The van der Waals surface area contributed by atoms with Gasteiger partial charge in [0.25, 0.3) is 0 Å². The number of hydrogen-bond acceptors (Lipinski definition) is 4. The van der Waals surface area contributed by atoms with Crippen LogP contribution in [-0.2, 0) is 19.1 Å². The first-order valence-electron chi connectivity index (χ1n) is 8.14. The van der Waals surface area contributed by atoms with Gasteiger partial charge in [-0.25, -0.2) is 0 Å². The predicted octanol–water partition coefficient (Wildman–Crippen LogP) is 4.36. The second-order valence-electron chi connectivity index (χ2n) is 6.25. The zero-order chi connectivity index (χ0) is 18.8. The summed E-state index contributed by atoms with van der Waals surface area (Å²) >= 11 is 4.50. The van der Waals surface area contributed by atoms with Gasteiger partial charge < -0.3 is 9.47 Å². The molecular weight excluding hydrogens is 558 g/mol. The van der Waals surface area contributed by atoms with Crippen molar-refractivity contribution in [3.63, 3.8) is 0 Å². The molecule has 0 unspecified atom stereocenters. The minimum absolute atomic E-state index is 0.122. The SMILES string of the molecule is COC(=O)[C@@H]1[C@H](C(=O)OC)[C@@H](c2ccc(I)cc2)[C@H]1c1ccc(I)cc1. The normalized spacial score (nSPS) is 24.5. The molecule has 6 heteroatoms. The van der Waals surface area contributed by atoms with Crippen molar-refractivity contribution in [2.75, 3.05) is 14.2 Å². The van der Waals surface area contributed by atoms with Crippen LogP contribution in [0.3, 0.4) is 0 Å². The summed E-state index contributed by atoms with van der Waals surface area (Å²) in [6.07, 6.45) is 0. The van der Waals surface area contributed by atoms with Crippen molar-refractivity contribution in [3.8, 4) is 0 Å². The molecule has 0 radical (unpaired) electrons. The lowest BCUT2D eigenvalue weighted by Gasteiger charge is -2.49. The first kappa shape index (κ1) is 19.6. The van der Waals surface area contributed by atoms with Crippen LogP contribution < -0.4 is 0 Å². The standard InChI is InChI=1S/C20H18I2O4/c1-25-19(23)17-15(11-3-7-13(21)8-4-11)16(18(17)20(24)26-2)12-5-9-14(22)10-6-12/h3-10,15-18H,1-2H3/t15-,16+,17+,18-. The van der Waals surface area contributed by atoms with E-state index in [9.17, 15) is 9.59 Å². The maximum atomic E-state index is 12.5. The zero-order valence-electron chi connectivity index (χ0n) is 14.3. The molecule has 3 rings (SSSR count). The van der Waals surface area contributed by atoms with Gasteiger partial charge in [0.1, 0.15) is 0 Å². The monoisotopic (exact) mass is 576 g/mol. The smallest absolute Gasteiger partial charge is 0.310 e. The molecule has 4 nitrogen and oxygen atoms in total. The molecule has 0 saturated heterocycles. The van der Waals surface area contributed by atoms with Crippen molar-refractivity contribution in [3.05, 3.63) is 66.8 Å². The van der Waals surface area contributed by atoms with Gasteiger partial charge in [0, 0.05) is 19.0 Å². The molecule has 1 fully saturated rings. The third kappa shape index (κ3) is 3.62. The molecule has 1 aliphatic carbocycles. The highest BCUT2D eigenvalue weighted by molar-refractivity contribution is 14.1. The number of rotatable bonds is 4. The van der Waals surface area contributed by atoms with E-state index in [0.717, 1.165) is 18.3 Å². The van der Waals surface area contributed by atoms with Gasteiger partial charge >= 0.3 is 11.9 Å². The fourth-order valence-corrected chi connectivity index (χ4v) is 4.53. The van der Waals surface area contributed by atoms with Gasteiger partial charge in [0.15, 0.2) is 0 Å². The van der Waals surface area contributed by atoms with Gasteiger partial charge in [-0.05, 0) is 80.6 Å². The van der Waals surface area contributed by atoms with Crippen molar-refractivity contribution in [2.24, 2.45) is 11.8 Å². The Hall–Kier alpha value is -1.16. The summed E-state index contributed by atoms with van der Waals surface area (Å²) in [5, 5.41) is 0. The molecule has 1 aliphatic rings. The average Bonchev–Trinajstić information content (AvgIpc) is 2.63. The molecule has 4 atom stereocenters. The largest absolute Gasteiger partial charge is 0.469 e. The Bertz CT molecular complexity index is 732. The molecule has 0 heterocycles. The molecule has 0 spiro atoms. The molecule has 136 valence electrons. The van der Waals surface area contributed by atoms with Gasteiger partial charge in [0.05, 0.1) is 26.1 Å². The Morgan fingerprint density at radius 2 is 1.00 bits per heavy atom. The molecule has 0 amide bonds. The summed E-state index contributed by atoms with van der Waals surface area (Å²) in [7, 11) is 2.72. The van der Waals surface area contributed by atoms with E-state index in [1.165, 1.54) is 14.2 Å². The number of ether oxygens (including phenoxy) is 2. The Balaban J connectivity index is 2.08.